The van der Waals surface area contributed by atoms with Crippen molar-refractivity contribution >= 4 is 50.7 Å². The fourth-order valence-electron chi connectivity index (χ4n) is 3.27. The van der Waals surface area contributed by atoms with Crippen molar-refractivity contribution in [1.82, 2.24) is 5.32 Å². The molecule has 1 saturated heterocycles. The summed E-state index contributed by atoms with van der Waals surface area (Å²) in [5.41, 5.74) is -1.68. The summed E-state index contributed by atoms with van der Waals surface area (Å²) >= 11 is 5.32. The van der Waals surface area contributed by atoms with Gasteiger partial charge in [0.25, 0.3) is 11.8 Å². The van der Waals surface area contributed by atoms with Gasteiger partial charge in [0.15, 0.2) is 5.11 Å². The van der Waals surface area contributed by atoms with Gasteiger partial charge in [0.2, 0.25) is 0 Å². The molecule has 3 rings (SSSR count). The van der Waals surface area contributed by atoms with Crippen LogP contribution >= 0.6 is 22.4 Å². The number of carbonyl (C=O) groups excluding carboxylic acids is 2. The second-order valence-corrected chi connectivity index (χ2v) is 10.3. The van der Waals surface area contributed by atoms with Gasteiger partial charge in [-0.3, -0.25) is 14.5 Å². The Balaban J connectivity index is 2.03. The molecule has 5 nitrogen and oxygen atoms in total. The van der Waals surface area contributed by atoms with Gasteiger partial charge < -0.3 is 10.2 Å². The van der Waals surface area contributed by atoms with Gasteiger partial charge in [0, 0.05) is 12.7 Å². The number of halogens is 6. The van der Waals surface area contributed by atoms with E-state index in [1.54, 1.807) is 0 Å². The highest BCUT2D eigenvalue weighted by Crippen LogP contribution is 3.02. The molecule has 2 aromatic rings. The monoisotopic (exact) mass is 497 g/mol. The molecule has 0 aliphatic carbocycles. The van der Waals surface area contributed by atoms with Crippen molar-refractivity contribution < 1.29 is 33.4 Å². The second-order valence-electron chi connectivity index (χ2n) is 7.52. The van der Waals surface area contributed by atoms with Crippen LogP contribution in [0.25, 0.3) is 0 Å². The summed E-state index contributed by atoms with van der Waals surface area (Å²) in [5.74, 6) is -2.22. The van der Waals surface area contributed by atoms with Crippen molar-refractivity contribution in [3.8, 4) is 0 Å². The lowest BCUT2D eigenvalue weighted by Gasteiger charge is -2.40. The van der Waals surface area contributed by atoms with Crippen LogP contribution in [0.3, 0.4) is 0 Å². The molecule has 2 aromatic carbocycles. The smallest absolute Gasteiger partial charge is 0.310 e. The molecule has 0 spiro atoms. The molecule has 2 amide bonds. The SMILES string of the molecule is CNC(=O)c1ccc(N2C(=S)N(c3ccc(S(F)(F)(F)(F)F)cc3)C(=O)C2(C)C)cc1F. The van der Waals surface area contributed by atoms with Crippen molar-refractivity contribution in [3.63, 3.8) is 0 Å². The maximum Gasteiger partial charge on any atom is 0.310 e. The Morgan fingerprint density at radius 2 is 1.53 bits per heavy atom. The molecule has 1 aliphatic rings. The Morgan fingerprint density at radius 1 is 1.00 bits per heavy atom. The summed E-state index contributed by atoms with van der Waals surface area (Å²) in [6, 6.07) is 5.33. The molecule has 0 bridgehead atoms. The normalized spacial score (nSPS) is 18.4. The molecular weight excluding hydrogens is 480 g/mol. The Morgan fingerprint density at radius 3 is 2.00 bits per heavy atom. The zero-order valence-electron chi connectivity index (χ0n) is 16.8. The van der Waals surface area contributed by atoms with Crippen LogP contribution in [0.2, 0.25) is 0 Å². The summed E-state index contributed by atoms with van der Waals surface area (Å²) in [6.07, 6.45) is 0. The first-order chi connectivity index (χ1) is 14.4. The third-order valence-corrected chi connectivity index (χ3v) is 6.42. The minimum Gasteiger partial charge on any atom is -0.355 e. The third kappa shape index (κ3) is 4.01. The number of amides is 2. The average molecular weight is 497 g/mol. The summed E-state index contributed by atoms with van der Waals surface area (Å²) in [7, 11) is -8.56. The van der Waals surface area contributed by atoms with Crippen molar-refractivity contribution in [3.05, 3.63) is 53.8 Å². The van der Waals surface area contributed by atoms with Gasteiger partial charge in [-0.2, -0.15) is 0 Å². The molecule has 0 unspecified atom stereocenters. The third-order valence-electron chi connectivity index (χ3n) is 4.89. The van der Waals surface area contributed by atoms with E-state index in [1.807, 2.05) is 0 Å². The van der Waals surface area contributed by atoms with Gasteiger partial charge in [0.1, 0.15) is 16.3 Å². The summed E-state index contributed by atoms with van der Waals surface area (Å²) in [5, 5.41) is 2.08. The van der Waals surface area contributed by atoms with Crippen molar-refractivity contribution in [2.75, 3.05) is 16.8 Å². The highest BCUT2D eigenvalue weighted by atomic mass is 32.5. The highest BCUT2D eigenvalue weighted by Gasteiger charge is 2.65. The number of hydrogen-bond donors (Lipinski definition) is 1. The zero-order chi connectivity index (χ0) is 24.3. The number of nitrogens with one attached hydrogen (secondary N) is 1. The van der Waals surface area contributed by atoms with E-state index in [1.165, 1.54) is 37.9 Å². The van der Waals surface area contributed by atoms with Crippen molar-refractivity contribution in [2.24, 2.45) is 0 Å². The van der Waals surface area contributed by atoms with E-state index >= 15 is 0 Å². The Kier molecular flexibility index (Phi) is 4.92. The predicted octanol–water partition coefficient (Wildman–Crippen LogP) is 5.76. The number of nitrogens with zero attached hydrogens (tertiary/aromatic N) is 2. The first-order valence-electron chi connectivity index (χ1n) is 8.93. The van der Waals surface area contributed by atoms with E-state index < -0.39 is 38.3 Å². The Hall–Kier alpha value is -2.80. The molecule has 174 valence electrons. The van der Waals surface area contributed by atoms with Crippen LogP contribution in [-0.2, 0) is 4.79 Å². The molecule has 0 radical (unpaired) electrons. The molecule has 1 aliphatic heterocycles. The van der Waals surface area contributed by atoms with E-state index in [9.17, 15) is 33.4 Å². The summed E-state index contributed by atoms with van der Waals surface area (Å²) in [4.78, 5) is 24.8. The highest BCUT2D eigenvalue weighted by molar-refractivity contribution is 8.45. The topological polar surface area (TPSA) is 52.7 Å². The summed E-state index contributed by atoms with van der Waals surface area (Å²) < 4.78 is 79.4. The fraction of sp³-hybridized carbons (Fsp3) is 0.211. The molecule has 0 atom stereocenters. The van der Waals surface area contributed by atoms with E-state index in [0.29, 0.717) is 12.1 Å². The van der Waals surface area contributed by atoms with Crippen LogP contribution < -0.4 is 15.1 Å². The lowest BCUT2D eigenvalue weighted by molar-refractivity contribution is -0.120. The molecular formula is C19H17F6N3O2S2. The fourth-order valence-corrected chi connectivity index (χ4v) is 4.44. The Bertz CT molecular complexity index is 1150. The first kappa shape index (κ1) is 23.9. The van der Waals surface area contributed by atoms with E-state index in [2.05, 4.69) is 5.32 Å². The summed E-state index contributed by atoms with van der Waals surface area (Å²) in [6.45, 7) is 2.91. The maximum atomic E-state index is 14.5. The minimum absolute atomic E-state index is 0.115. The largest absolute Gasteiger partial charge is 0.355 e. The zero-order valence-corrected chi connectivity index (χ0v) is 18.5. The number of carbonyl (C=O) groups is 2. The lowest BCUT2D eigenvalue weighted by Crippen LogP contribution is -2.44. The van der Waals surface area contributed by atoms with Crippen LogP contribution in [0.5, 0.6) is 0 Å². The second kappa shape index (κ2) is 6.61. The van der Waals surface area contributed by atoms with Gasteiger partial charge in [-0.05, 0) is 68.5 Å². The maximum absolute atomic E-state index is 14.5. The van der Waals surface area contributed by atoms with Crippen LogP contribution in [0.1, 0.15) is 24.2 Å². The number of anilines is 2. The van der Waals surface area contributed by atoms with Gasteiger partial charge in [-0.1, -0.05) is 19.4 Å². The van der Waals surface area contributed by atoms with Gasteiger partial charge in [-0.25, -0.2) is 4.39 Å². The lowest BCUT2D eigenvalue weighted by atomic mass is 10.0. The van der Waals surface area contributed by atoms with Crippen LogP contribution in [-0.4, -0.2) is 29.5 Å². The molecule has 1 heterocycles. The molecule has 13 heteroatoms. The van der Waals surface area contributed by atoms with E-state index in [0.717, 1.165) is 11.0 Å². The van der Waals surface area contributed by atoms with Crippen molar-refractivity contribution in [2.45, 2.75) is 24.3 Å². The predicted molar refractivity (Wildman–Crippen MR) is 114 cm³/mol. The van der Waals surface area contributed by atoms with Gasteiger partial charge >= 0.3 is 10.2 Å². The minimum atomic E-state index is -9.88. The molecule has 0 aromatic heterocycles. The molecule has 1 fully saturated rings. The molecule has 1 N–H and O–H groups in total. The van der Waals surface area contributed by atoms with Crippen LogP contribution in [0, 0.1) is 5.82 Å². The average Bonchev–Trinajstić information content (AvgIpc) is 2.83. The molecule has 32 heavy (non-hydrogen) atoms. The van der Waals surface area contributed by atoms with E-state index in [-0.39, 0.29) is 34.2 Å². The standard InChI is InChI=1S/C19H17F6N3O2S2/c1-19(2)17(30)27(11-4-7-13(8-5-11)32(21,22,23,24)25)18(31)28(19)12-6-9-14(15(20)10-12)16(29)26-3/h4-10H,1-3H3,(H,26,29). The number of hydrogen-bond acceptors (Lipinski definition) is 3. The van der Waals surface area contributed by atoms with Crippen LogP contribution in [0.4, 0.5) is 35.2 Å². The van der Waals surface area contributed by atoms with E-state index in [4.69, 9.17) is 12.2 Å². The number of rotatable bonds is 4. The number of thiocarbonyl (C=S) groups is 1. The quantitative estimate of drug-likeness (QED) is 0.431. The number of benzene rings is 2. The molecule has 0 saturated carbocycles. The van der Waals surface area contributed by atoms with Crippen molar-refractivity contribution in [1.29, 1.82) is 0 Å². The van der Waals surface area contributed by atoms with Gasteiger partial charge in [0.05, 0.1) is 11.3 Å². The van der Waals surface area contributed by atoms with Gasteiger partial charge in [-0.15, -0.1) is 0 Å². The van der Waals surface area contributed by atoms with Crippen LogP contribution in [0.15, 0.2) is 47.4 Å². The Labute approximate surface area is 184 Å². The first-order valence-corrected chi connectivity index (χ1v) is 11.3.